The highest BCUT2D eigenvalue weighted by Crippen LogP contribution is 2.24. The van der Waals surface area contributed by atoms with Gasteiger partial charge in [0.2, 0.25) is 5.78 Å². The third-order valence-electron chi connectivity index (χ3n) is 3.66. The van der Waals surface area contributed by atoms with Gasteiger partial charge in [-0.05, 0) is 29.0 Å². The van der Waals surface area contributed by atoms with Crippen LogP contribution in [0.1, 0.15) is 25.6 Å². The van der Waals surface area contributed by atoms with E-state index in [2.05, 4.69) is 37.6 Å². The van der Waals surface area contributed by atoms with Gasteiger partial charge in [-0.1, -0.05) is 37.2 Å². The predicted octanol–water partition coefficient (Wildman–Crippen LogP) is 2.29. The van der Waals surface area contributed by atoms with Gasteiger partial charge in [0.05, 0.1) is 16.8 Å². The number of hydrogen-bond acceptors (Lipinski definition) is 6. The molecule has 0 spiro atoms. The molecular weight excluding hydrogens is 312 g/mol. The zero-order valence-electron chi connectivity index (χ0n) is 12.7. The second-order valence-electron chi connectivity index (χ2n) is 5.23. The van der Waals surface area contributed by atoms with Gasteiger partial charge in [-0.2, -0.15) is 0 Å². The molecule has 0 aliphatic carbocycles. The molecular formula is C14H16N8S. The third-order valence-corrected chi connectivity index (χ3v) is 4.60. The summed E-state index contributed by atoms with van der Waals surface area (Å²) in [6.07, 6.45) is 2.19. The molecule has 0 radical (unpaired) electrons. The van der Waals surface area contributed by atoms with Gasteiger partial charge in [0, 0.05) is 6.54 Å². The van der Waals surface area contributed by atoms with Crippen LogP contribution in [0.25, 0.3) is 16.8 Å². The zero-order valence-corrected chi connectivity index (χ0v) is 13.5. The third kappa shape index (κ3) is 2.56. The number of benzene rings is 1. The first kappa shape index (κ1) is 14.2. The molecule has 0 saturated heterocycles. The van der Waals surface area contributed by atoms with Crippen LogP contribution in [0.2, 0.25) is 0 Å². The summed E-state index contributed by atoms with van der Waals surface area (Å²) in [5.41, 5.74) is 2.00. The van der Waals surface area contributed by atoms with Crippen molar-refractivity contribution in [3.05, 3.63) is 30.1 Å². The van der Waals surface area contributed by atoms with Crippen molar-refractivity contribution in [2.24, 2.45) is 0 Å². The minimum atomic E-state index is 0.670. The number of hydrogen-bond donors (Lipinski definition) is 1. The number of H-pyrrole nitrogens is 1. The van der Waals surface area contributed by atoms with Crippen molar-refractivity contribution in [3.8, 4) is 0 Å². The van der Waals surface area contributed by atoms with E-state index < -0.39 is 0 Å². The van der Waals surface area contributed by atoms with Crippen LogP contribution in [0, 0.1) is 0 Å². The molecule has 0 unspecified atom stereocenters. The predicted molar refractivity (Wildman–Crippen MR) is 87.1 cm³/mol. The molecule has 0 atom stereocenters. The van der Waals surface area contributed by atoms with Gasteiger partial charge in [0.1, 0.15) is 0 Å². The summed E-state index contributed by atoms with van der Waals surface area (Å²) in [4.78, 5) is 4.52. The van der Waals surface area contributed by atoms with E-state index in [9.17, 15) is 0 Å². The second-order valence-corrected chi connectivity index (χ2v) is 6.17. The normalized spacial score (nSPS) is 11.7. The maximum Gasteiger partial charge on any atom is 0.231 e. The molecule has 0 saturated carbocycles. The highest BCUT2D eigenvalue weighted by molar-refractivity contribution is 7.98. The Morgan fingerprint density at radius 1 is 1.26 bits per heavy atom. The molecule has 8 nitrogen and oxygen atoms in total. The number of aryl methyl sites for hydroxylation is 1. The molecule has 4 aromatic rings. The van der Waals surface area contributed by atoms with Gasteiger partial charge in [-0.15, -0.1) is 10.2 Å². The number of tetrazole rings is 1. The fourth-order valence-electron chi connectivity index (χ4n) is 2.48. The van der Waals surface area contributed by atoms with Crippen molar-refractivity contribution in [2.45, 2.75) is 37.2 Å². The topological polar surface area (TPSA) is 89.6 Å². The largest absolute Gasteiger partial charge is 0.254 e. The highest BCUT2D eigenvalue weighted by atomic mass is 32.2. The van der Waals surface area contributed by atoms with Crippen LogP contribution in [-0.2, 0) is 12.3 Å². The Morgan fingerprint density at radius 2 is 2.17 bits per heavy atom. The van der Waals surface area contributed by atoms with E-state index in [1.54, 1.807) is 11.8 Å². The van der Waals surface area contributed by atoms with E-state index in [4.69, 9.17) is 0 Å². The minimum Gasteiger partial charge on any atom is -0.254 e. The summed E-state index contributed by atoms with van der Waals surface area (Å²) >= 11 is 1.60. The van der Waals surface area contributed by atoms with Gasteiger partial charge in [-0.3, -0.25) is 4.40 Å². The van der Waals surface area contributed by atoms with E-state index in [0.29, 0.717) is 5.75 Å². The van der Waals surface area contributed by atoms with Crippen molar-refractivity contribution >= 4 is 28.6 Å². The smallest absolute Gasteiger partial charge is 0.231 e. The van der Waals surface area contributed by atoms with E-state index in [0.717, 1.165) is 47.2 Å². The number of rotatable bonds is 6. The Balaban J connectivity index is 1.60. The van der Waals surface area contributed by atoms with Gasteiger partial charge in [-0.25, -0.2) is 14.8 Å². The SMILES string of the molecule is CCCCn1nnnc1CSc1n[nH]c2nc3ccccc3n12. The monoisotopic (exact) mass is 328 g/mol. The lowest BCUT2D eigenvalue weighted by molar-refractivity contribution is 0.540. The molecule has 0 fully saturated rings. The molecule has 0 bridgehead atoms. The summed E-state index contributed by atoms with van der Waals surface area (Å²) in [7, 11) is 0. The number of imidazole rings is 1. The van der Waals surface area contributed by atoms with Crippen LogP contribution in [0.3, 0.4) is 0 Å². The lowest BCUT2D eigenvalue weighted by Gasteiger charge is -2.02. The first-order chi connectivity index (χ1) is 11.4. The number of aromatic amines is 1. The highest BCUT2D eigenvalue weighted by Gasteiger charge is 2.13. The number of nitrogens with zero attached hydrogens (tertiary/aromatic N) is 7. The van der Waals surface area contributed by atoms with Crippen LogP contribution >= 0.6 is 11.8 Å². The van der Waals surface area contributed by atoms with Crippen LogP contribution in [-0.4, -0.2) is 39.8 Å². The lowest BCUT2D eigenvalue weighted by Crippen LogP contribution is -2.05. The Morgan fingerprint density at radius 3 is 3.09 bits per heavy atom. The van der Waals surface area contributed by atoms with Crippen molar-refractivity contribution in [1.29, 1.82) is 0 Å². The molecule has 1 aromatic carbocycles. The Bertz CT molecular complexity index is 937. The number of thioether (sulfide) groups is 1. The number of fused-ring (bicyclic) bond motifs is 3. The van der Waals surface area contributed by atoms with E-state index >= 15 is 0 Å². The molecule has 0 amide bonds. The van der Waals surface area contributed by atoms with Crippen molar-refractivity contribution < 1.29 is 0 Å². The van der Waals surface area contributed by atoms with E-state index in [1.165, 1.54) is 0 Å². The fraction of sp³-hybridized carbons (Fsp3) is 0.357. The molecule has 23 heavy (non-hydrogen) atoms. The van der Waals surface area contributed by atoms with Crippen LogP contribution in [0.4, 0.5) is 0 Å². The minimum absolute atomic E-state index is 0.670. The Hall–Kier alpha value is -2.42. The van der Waals surface area contributed by atoms with Crippen molar-refractivity contribution in [2.75, 3.05) is 0 Å². The van der Waals surface area contributed by atoms with Gasteiger partial charge in [0.15, 0.2) is 11.0 Å². The number of unbranched alkanes of at least 4 members (excludes halogenated alkanes) is 1. The van der Waals surface area contributed by atoms with Crippen LogP contribution in [0.15, 0.2) is 29.4 Å². The summed E-state index contributed by atoms with van der Waals surface area (Å²) in [6.45, 7) is 3.01. The summed E-state index contributed by atoms with van der Waals surface area (Å²) in [6, 6.07) is 8.02. The molecule has 0 aliphatic rings. The molecule has 4 rings (SSSR count). The van der Waals surface area contributed by atoms with Crippen LogP contribution in [0.5, 0.6) is 0 Å². The standard InChI is InChI=1S/C14H16N8S/c1-2-3-8-21-12(16-19-20-21)9-23-14-18-17-13-15-10-6-4-5-7-11(10)22(13)14/h4-7H,2-3,8-9H2,1H3,(H,15,17). The zero-order chi connectivity index (χ0) is 15.6. The van der Waals surface area contributed by atoms with Gasteiger partial charge >= 0.3 is 0 Å². The number of para-hydroxylation sites is 2. The summed E-state index contributed by atoms with van der Waals surface area (Å²) in [5.74, 6) is 2.28. The Kier molecular flexibility index (Phi) is 3.70. The second kappa shape index (κ2) is 5.99. The summed E-state index contributed by atoms with van der Waals surface area (Å²) < 4.78 is 3.90. The summed E-state index contributed by atoms with van der Waals surface area (Å²) in [5, 5.41) is 20.1. The Labute approximate surface area is 136 Å². The number of nitrogens with one attached hydrogen (secondary N) is 1. The first-order valence-corrected chi connectivity index (χ1v) is 8.55. The molecule has 3 heterocycles. The van der Waals surface area contributed by atoms with Gasteiger partial charge < -0.3 is 0 Å². The van der Waals surface area contributed by atoms with Crippen molar-refractivity contribution in [3.63, 3.8) is 0 Å². The molecule has 0 aliphatic heterocycles. The number of aromatic nitrogens is 8. The average molecular weight is 328 g/mol. The lowest BCUT2D eigenvalue weighted by atomic mass is 10.3. The van der Waals surface area contributed by atoms with E-state index in [1.807, 2.05) is 33.3 Å². The molecule has 9 heteroatoms. The first-order valence-electron chi connectivity index (χ1n) is 7.56. The average Bonchev–Trinajstić information content (AvgIpc) is 3.26. The maximum atomic E-state index is 4.52. The quantitative estimate of drug-likeness (QED) is 0.546. The van der Waals surface area contributed by atoms with Crippen LogP contribution < -0.4 is 0 Å². The molecule has 118 valence electrons. The fourth-order valence-corrected chi connectivity index (χ4v) is 3.37. The maximum absolute atomic E-state index is 4.52. The van der Waals surface area contributed by atoms with E-state index in [-0.39, 0.29) is 0 Å². The van der Waals surface area contributed by atoms with Gasteiger partial charge in [0.25, 0.3) is 0 Å². The molecule has 1 N–H and O–H groups in total. The molecule has 3 aromatic heterocycles. The van der Waals surface area contributed by atoms with Crippen molar-refractivity contribution in [1.82, 2.24) is 39.8 Å².